The van der Waals surface area contributed by atoms with Crippen molar-refractivity contribution in [2.75, 3.05) is 26.2 Å². The molecule has 1 N–H and O–H groups in total. The SMILES string of the molecule is CCOc1ncccc1CN[C@@H](CN1CC[C@H](C2=CCC(Cl)C=C2)C(C)(C)C1)C(C)C. The fourth-order valence-electron chi connectivity index (χ4n) is 4.97. The zero-order valence-corrected chi connectivity index (χ0v) is 20.7. The van der Waals surface area contributed by atoms with E-state index in [2.05, 4.69) is 67.2 Å². The van der Waals surface area contributed by atoms with E-state index in [-0.39, 0.29) is 10.8 Å². The van der Waals surface area contributed by atoms with Crippen LogP contribution in [0.1, 0.15) is 53.0 Å². The number of allylic oxidation sites excluding steroid dienone is 4. The van der Waals surface area contributed by atoms with Crippen molar-refractivity contribution in [3.05, 3.63) is 47.7 Å². The second-order valence-corrected chi connectivity index (χ2v) is 10.6. The Balaban J connectivity index is 1.59. The van der Waals surface area contributed by atoms with Gasteiger partial charge in [0.1, 0.15) is 0 Å². The quantitative estimate of drug-likeness (QED) is 0.514. The van der Waals surface area contributed by atoms with Gasteiger partial charge in [0.2, 0.25) is 5.88 Å². The lowest BCUT2D eigenvalue weighted by Crippen LogP contribution is -2.51. The number of alkyl halides is 1. The molecule has 1 aromatic rings. The number of nitrogens with one attached hydrogen (secondary N) is 1. The molecule has 2 heterocycles. The van der Waals surface area contributed by atoms with Gasteiger partial charge in [-0.15, -0.1) is 11.6 Å². The highest BCUT2D eigenvalue weighted by Crippen LogP contribution is 2.41. The van der Waals surface area contributed by atoms with Crippen LogP contribution in [0.15, 0.2) is 42.1 Å². The third-order valence-electron chi connectivity index (χ3n) is 6.73. The molecule has 0 aromatic carbocycles. The molecule has 0 radical (unpaired) electrons. The van der Waals surface area contributed by atoms with Crippen LogP contribution in [0.2, 0.25) is 0 Å². The zero-order valence-electron chi connectivity index (χ0n) is 19.9. The number of hydrogen-bond acceptors (Lipinski definition) is 4. The number of ether oxygens (including phenoxy) is 1. The number of halogens is 1. The largest absolute Gasteiger partial charge is 0.478 e. The molecule has 1 fully saturated rings. The van der Waals surface area contributed by atoms with Crippen molar-refractivity contribution in [1.29, 1.82) is 0 Å². The molecule has 1 aromatic heterocycles. The van der Waals surface area contributed by atoms with E-state index in [1.165, 1.54) is 12.0 Å². The number of likely N-dealkylation sites (tertiary alicyclic amines) is 1. The van der Waals surface area contributed by atoms with Crippen LogP contribution < -0.4 is 10.1 Å². The first kappa shape index (κ1) is 24.3. The number of nitrogens with zero attached hydrogens (tertiary/aromatic N) is 2. The van der Waals surface area contributed by atoms with E-state index in [9.17, 15) is 0 Å². The Kier molecular flexibility index (Phi) is 8.60. The summed E-state index contributed by atoms with van der Waals surface area (Å²) in [6.07, 6.45) is 10.8. The molecule has 1 unspecified atom stereocenters. The van der Waals surface area contributed by atoms with Gasteiger partial charge >= 0.3 is 0 Å². The summed E-state index contributed by atoms with van der Waals surface area (Å²) in [6, 6.07) is 4.51. The molecule has 31 heavy (non-hydrogen) atoms. The second kappa shape index (κ2) is 11.0. The molecular weight excluding hydrogens is 406 g/mol. The number of piperidine rings is 1. The van der Waals surface area contributed by atoms with Crippen molar-refractivity contribution in [2.24, 2.45) is 17.3 Å². The summed E-state index contributed by atoms with van der Waals surface area (Å²) >= 11 is 6.24. The zero-order chi connectivity index (χ0) is 22.4. The molecule has 3 atom stereocenters. The highest BCUT2D eigenvalue weighted by molar-refractivity contribution is 6.22. The third-order valence-corrected chi connectivity index (χ3v) is 7.06. The second-order valence-electron chi connectivity index (χ2n) is 10.0. The van der Waals surface area contributed by atoms with Gasteiger partial charge in [-0.2, -0.15) is 0 Å². The maximum Gasteiger partial charge on any atom is 0.217 e. The summed E-state index contributed by atoms with van der Waals surface area (Å²) < 4.78 is 5.70. The van der Waals surface area contributed by atoms with E-state index in [0.29, 0.717) is 24.5 Å². The smallest absolute Gasteiger partial charge is 0.217 e. The van der Waals surface area contributed by atoms with Crippen LogP contribution in [0, 0.1) is 17.3 Å². The molecule has 2 aliphatic rings. The molecule has 0 amide bonds. The normalized spacial score (nSPS) is 24.8. The Hall–Kier alpha value is -1.36. The molecule has 1 aliphatic heterocycles. The molecule has 1 saturated heterocycles. The van der Waals surface area contributed by atoms with Gasteiger partial charge in [0.25, 0.3) is 0 Å². The van der Waals surface area contributed by atoms with Crippen LogP contribution in [0.3, 0.4) is 0 Å². The molecule has 4 nitrogen and oxygen atoms in total. The van der Waals surface area contributed by atoms with Gasteiger partial charge in [-0.1, -0.05) is 52.0 Å². The Bertz CT molecular complexity index is 774. The maximum atomic E-state index is 6.24. The van der Waals surface area contributed by atoms with Gasteiger partial charge in [-0.05, 0) is 55.2 Å². The average Bonchev–Trinajstić information content (AvgIpc) is 2.72. The molecule has 3 rings (SSSR count). The van der Waals surface area contributed by atoms with Gasteiger partial charge in [0, 0.05) is 37.4 Å². The minimum absolute atomic E-state index is 0.160. The number of hydrogen-bond donors (Lipinski definition) is 1. The lowest BCUT2D eigenvalue weighted by atomic mass is 9.69. The molecule has 5 heteroatoms. The van der Waals surface area contributed by atoms with Crippen molar-refractivity contribution in [1.82, 2.24) is 15.2 Å². The molecule has 172 valence electrons. The van der Waals surface area contributed by atoms with E-state index in [1.807, 2.05) is 13.0 Å². The van der Waals surface area contributed by atoms with Crippen molar-refractivity contribution in [3.8, 4) is 5.88 Å². The van der Waals surface area contributed by atoms with Gasteiger partial charge in [0.05, 0.1) is 12.0 Å². The summed E-state index contributed by atoms with van der Waals surface area (Å²) in [5.74, 6) is 1.91. The highest BCUT2D eigenvalue weighted by atomic mass is 35.5. The lowest BCUT2D eigenvalue weighted by molar-refractivity contribution is 0.0629. The number of rotatable bonds is 9. The first-order valence-electron chi connectivity index (χ1n) is 11.8. The minimum atomic E-state index is 0.160. The molecule has 1 aliphatic carbocycles. The average molecular weight is 446 g/mol. The standard InChI is InChI=1S/C26H40ClN3O/c1-6-31-25-21(8-7-14-28-25)16-29-24(19(2)3)17-30-15-13-23(26(4,5)18-30)20-9-11-22(27)12-10-20/h7-11,14,19,22-24,29H,6,12-13,15-18H2,1-5H3/t22?,23-,24+/m1/s1. The third kappa shape index (κ3) is 6.57. The van der Waals surface area contributed by atoms with Crippen molar-refractivity contribution < 1.29 is 4.74 Å². The maximum absolute atomic E-state index is 6.24. The topological polar surface area (TPSA) is 37.4 Å². The molecular formula is C26H40ClN3O. The molecule has 0 bridgehead atoms. The van der Waals surface area contributed by atoms with Crippen LogP contribution >= 0.6 is 11.6 Å². The van der Waals surface area contributed by atoms with Crippen LogP contribution in [0.25, 0.3) is 0 Å². The van der Waals surface area contributed by atoms with E-state index in [0.717, 1.165) is 44.0 Å². The first-order valence-corrected chi connectivity index (χ1v) is 12.3. The summed E-state index contributed by atoms with van der Waals surface area (Å²) in [5.41, 5.74) is 2.86. The number of pyridine rings is 1. The Morgan fingerprint density at radius 2 is 2.16 bits per heavy atom. The summed E-state index contributed by atoms with van der Waals surface area (Å²) in [6.45, 7) is 16.2. The fraction of sp³-hybridized carbons (Fsp3) is 0.654. The summed E-state index contributed by atoms with van der Waals surface area (Å²) in [4.78, 5) is 7.04. The van der Waals surface area contributed by atoms with Crippen LogP contribution in [-0.4, -0.2) is 47.5 Å². The first-order chi connectivity index (χ1) is 14.8. The molecule has 0 saturated carbocycles. The van der Waals surface area contributed by atoms with Gasteiger partial charge < -0.3 is 15.0 Å². The van der Waals surface area contributed by atoms with Gasteiger partial charge in [0.15, 0.2) is 0 Å². The van der Waals surface area contributed by atoms with Gasteiger partial charge in [-0.3, -0.25) is 0 Å². The monoisotopic (exact) mass is 445 g/mol. The van der Waals surface area contributed by atoms with Crippen molar-refractivity contribution >= 4 is 11.6 Å². The highest BCUT2D eigenvalue weighted by Gasteiger charge is 2.38. The predicted molar refractivity (Wildman–Crippen MR) is 131 cm³/mol. The van der Waals surface area contributed by atoms with E-state index < -0.39 is 0 Å². The van der Waals surface area contributed by atoms with Crippen LogP contribution in [0.5, 0.6) is 5.88 Å². The van der Waals surface area contributed by atoms with Gasteiger partial charge in [-0.25, -0.2) is 4.98 Å². The van der Waals surface area contributed by atoms with Crippen molar-refractivity contribution in [3.63, 3.8) is 0 Å². The summed E-state index contributed by atoms with van der Waals surface area (Å²) in [7, 11) is 0. The fourth-order valence-corrected chi connectivity index (χ4v) is 5.13. The minimum Gasteiger partial charge on any atom is -0.478 e. The van der Waals surface area contributed by atoms with E-state index >= 15 is 0 Å². The van der Waals surface area contributed by atoms with E-state index in [1.54, 1.807) is 6.20 Å². The van der Waals surface area contributed by atoms with Crippen LogP contribution in [0.4, 0.5) is 0 Å². The van der Waals surface area contributed by atoms with E-state index in [4.69, 9.17) is 16.3 Å². The summed E-state index contributed by atoms with van der Waals surface area (Å²) in [5, 5.41) is 3.95. The molecule has 0 spiro atoms. The predicted octanol–water partition coefficient (Wildman–Crippen LogP) is 5.44. The Morgan fingerprint density at radius 1 is 1.35 bits per heavy atom. The van der Waals surface area contributed by atoms with Crippen LogP contribution in [-0.2, 0) is 6.54 Å². The Labute approximate surface area is 194 Å². The number of aromatic nitrogens is 1. The lowest BCUT2D eigenvalue weighted by Gasteiger charge is -2.46. The van der Waals surface area contributed by atoms with Crippen molar-refractivity contribution in [2.45, 2.75) is 65.4 Å². The Morgan fingerprint density at radius 3 is 2.81 bits per heavy atom.